The van der Waals surface area contributed by atoms with Crippen molar-refractivity contribution in [2.45, 2.75) is 25.5 Å². The minimum absolute atomic E-state index is 0.217. The van der Waals surface area contributed by atoms with Gasteiger partial charge in [-0.05, 0) is 36.2 Å². The third-order valence-corrected chi connectivity index (χ3v) is 3.95. The summed E-state index contributed by atoms with van der Waals surface area (Å²) in [6.45, 7) is 2.98. The number of halogens is 1. The van der Waals surface area contributed by atoms with E-state index in [-0.39, 0.29) is 12.1 Å². The highest BCUT2D eigenvalue weighted by atomic mass is 35.5. The largest absolute Gasteiger partial charge is 0.488 e. The zero-order chi connectivity index (χ0) is 13.9. The van der Waals surface area contributed by atoms with Crippen molar-refractivity contribution in [1.29, 1.82) is 0 Å². The van der Waals surface area contributed by atoms with Gasteiger partial charge in [-0.25, -0.2) is 0 Å². The molecule has 3 rings (SSSR count). The fourth-order valence-corrected chi connectivity index (χ4v) is 2.77. The number of para-hydroxylation sites is 1. The smallest absolute Gasteiger partial charge is 0.123 e. The highest BCUT2D eigenvalue weighted by Crippen LogP contribution is 2.28. The molecule has 1 aliphatic heterocycles. The van der Waals surface area contributed by atoms with Gasteiger partial charge in [0.1, 0.15) is 11.9 Å². The summed E-state index contributed by atoms with van der Waals surface area (Å²) in [7, 11) is 0. The molecule has 0 radical (unpaired) electrons. The van der Waals surface area contributed by atoms with E-state index in [1.165, 1.54) is 11.1 Å². The molecule has 0 saturated carbocycles. The van der Waals surface area contributed by atoms with Gasteiger partial charge in [0.2, 0.25) is 0 Å². The Balaban J connectivity index is 1.56. The van der Waals surface area contributed by atoms with E-state index in [9.17, 15) is 0 Å². The molecule has 2 aromatic carbocycles. The summed E-state index contributed by atoms with van der Waals surface area (Å²) in [6.07, 6.45) is 1.19. The van der Waals surface area contributed by atoms with Crippen molar-refractivity contribution < 1.29 is 4.74 Å². The lowest BCUT2D eigenvalue weighted by Crippen LogP contribution is -2.31. The normalized spacial score (nSPS) is 18.4. The van der Waals surface area contributed by atoms with Gasteiger partial charge < -0.3 is 10.1 Å². The van der Waals surface area contributed by atoms with Crippen molar-refractivity contribution in [3.63, 3.8) is 0 Å². The second-order valence-electron chi connectivity index (χ2n) is 5.24. The molecule has 0 spiro atoms. The minimum atomic E-state index is 0.217. The first kappa shape index (κ1) is 13.5. The summed E-state index contributed by atoms with van der Waals surface area (Å²) in [5.41, 5.74) is 2.50. The fourth-order valence-electron chi connectivity index (χ4n) is 2.57. The average molecular weight is 288 g/mol. The van der Waals surface area contributed by atoms with E-state index >= 15 is 0 Å². The van der Waals surface area contributed by atoms with Crippen molar-refractivity contribution >= 4 is 11.6 Å². The number of hydrogen-bond acceptors (Lipinski definition) is 2. The molecule has 0 saturated heterocycles. The molecule has 1 N–H and O–H groups in total. The summed E-state index contributed by atoms with van der Waals surface area (Å²) >= 11 is 6.02. The van der Waals surface area contributed by atoms with E-state index < -0.39 is 0 Å². The first-order valence-corrected chi connectivity index (χ1v) is 7.33. The van der Waals surface area contributed by atoms with Crippen LogP contribution in [0.4, 0.5) is 0 Å². The van der Waals surface area contributed by atoms with E-state index in [2.05, 4.69) is 30.4 Å². The molecule has 20 heavy (non-hydrogen) atoms. The van der Waals surface area contributed by atoms with E-state index in [0.717, 1.165) is 23.7 Å². The zero-order valence-electron chi connectivity index (χ0n) is 11.5. The van der Waals surface area contributed by atoms with E-state index in [4.69, 9.17) is 16.3 Å². The minimum Gasteiger partial charge on any atom is -0.488 e. The van der Waals surface area contributed by atoms with Crippen LogP contribution in [0.3, 0.4) is 0 Å². The molecule has 2 atom stereocenters. The van der Waals surface area contributed by atoms with Gasteiger partial charge in [-0.3, -0.25) is 0 Å². The van der Waals surface area contributed by atoms with E-state index in [0.29, 0.717) is 0 Å². The molecule has 0 aromatic heterocycles. The maximum Gasteiger partial charge on any atom is 0.123 e. The third kappa shape index (κ3) is 2.97. The van der Waals surface area contributed by atoms with Crippen LogP contribution in [0.15, 0.2) is 48.5 Å². The Bertz CT molecular complexity index is 574. The molecule has 0 fully saturated rings. The second-order valence-corrected chi connectivity index (χ2v) is 5.67. The molecule has 104 valence electrons. The predicted octanol–water partition coefficient (Wildman–Crippen LogP) is 3.99. The Morgan fingerprint density at radius 2 is 2.10 bits per heavy atom. The van der Waals surface area contributed by atoms with Crippen LogP contribution in [0.25, 0.3) is 0 Å². The van der Waals surface area contributed by atoms with Crippen LogP contribution in [0, 0.1) is 0 Å². The monoisotopic (exact) mass is 287 g/mol. The topological polar surface area (TPSA) is 21.3 Å². The van der Waals surface area contributed by atoms with Crippen LogP contribution in [-0.4, -0.2) is 12.6 Å². The highest BCUT2D eigenvalue weighted by molar-refractivity contribution is 6.30. The number of hydrogen-bond donors (Lipinski definition) is 1. The predicted molar refractivity (Wildman–Crippen MR) is 82.4 cm³/mol. The second kappa shape index (κ2) is 5.86. The zero-order valence-corrected chi connectivity index (χ0v) is 12.2. The van der Waals surface area contributed by atoms with Gasteiger partial charge >= 0.3 is 0 Å². The quantitative estimate of drug-likeness (QED) is 0.918. The molecule has 0 bridgehead atoms. The lowest BCUT2D eigenvalue weighted by atomic mass is 10.1. The van der Waals surface area contributed by atoms with E-state index in [1.54, 1.807) is 0 Å². The van der Waals surface area contributed by atoms with Crippen LogP contribution in [0.1, 0.15) is 24.1 Å². The highest BCUT2D eigenvalue weighted by Gasteiger charge is 2.22. The average Bonchev–Trinajstić information content (AvgIpc) is 2.87. The molecule has 1 aliphatic rings. The van der Waals surface area contributed by atoms with Gasteiger partial charge in [0.25, 0.3) is 0 Å². The van der Waals surface area contributed by atoms with Gasteiger partial charge in [0, 0.05) is 24.0 Å². The number of rotatable bonds is 4. The fraction of sp³-hybridized carbons (Fsp3) is 0.294. The molecule has 0 aliphatic carbocycles. The SMILES string of the molecule is C[C@@H](NCC1Cc2ccccc2O1)c1cccc(Cl)c1. The van der Waals surface area contributed by atoms with Gasteiger partial charge in [-0.15, -0.1) is 0 Å². The lowest BCUT2D eigenvalue weighted by Gasteiger charge is -2.18. The lowest BCUT2D eigenvalue weighted by molar-refractivity contribution is 0.222. The Hall–Kier alpha value is -1.51. The third-order valence-electron chi connectivity index (χ3n) is 3.71. The first-order chi connectivity index (χ1) is 9.72. The standard InChI is InChI=1S/C17H18ClNO/c1-12(13-6-4-7-15(18)9-13)19-11-16-10-14-5-2-3-8-17(14)20-16/h2-9,12,16,19H,10-11H2,1H3/t12-,16?/m1/s1. The summed E-state index contributed by atoms with van der Waals surface area (Å²) in [5.74, 6) is 1.02. The number of benzene rings is 2. The molecule has 2 nitrogen and oxygen atoms in total. The summed E-state index contributed by atoms with van der Waals surface area (Å²) in [5, 5.41) is 4.30. The number of nitrogens with one attached hydrogen (secondary N) is 1. The molecular formula is C17H18ClNO. The molecule has 0 amide bonds. The van der Waals surface area contributed by atoms with Gasteiger partial charge in [-0.2, -0.15) is 0 Å². The Kier molecular flexibility index (Phi) is 3.95. The van der Waals surface area contributed by atoms with Crippen molar-refractivity contribution in [2.75, 3.05) is 6.54 Å². The van der Waals surface area contributed by atoms with Crippen LogP contribution in [0.2, 0.25) is 5.02 Å². The molecule has 3 heteroatoms. The molecule has 1 unspecified atom stereocenters. The summed E-state index contributed by atoms with van der Waals surface area (Å²) in [4.78, 5) is 0. The summed E-state index contributed by atoms with van der Waals surface area (Å²) in [6, 6.07) is 16.5. The van der Waals surface area contributed by atoms with Crippen LogP contribution in [-0.2, 0) is 6.42 Å². The number of ether oxygens (including phenoxy) is 1. The Labute approximate surface area is 124 Å². The van der Waals surface area contributed by atoms with Crippen LogP contribution in [0.5, 0.6) is 5.75 Å². The van der Waals surface area contributed by atoms with E-state index in [1.807, 2.05) is 30.3 Å². The molecule has 1 heterocycles. The first-order valence-electron chi connectivity index (χ1n) is 6.96. The Morgan fingerprint density at radius 3 is 2.90 bits per heavy atom. The maximum absolute atomic E-state index is 6.02. The van der Waals surface area contributed by atoms with Gasteiger partial charge in [0.15, 0.2) is 0 Å². The number of fused-ring (bicyclic) bond motifs is 1. The summed E-state index contributed by atoms with van der Waals surface area (Å²) < 4.78 is 5.93. The van der Waals surface area contributed by atoms with Crippen molar-refractivity contribution in [1.82, 2.24) is 5.32 Å². The van der Waals surface area contributed by atoms with Crippen molar-refractivity contribution in [3.05, 3.63) is 64.7 Å². The van der Waals surface area contributed by atoms with Crippen LogP contribution < -0.4 is 10.1 Å². The van der Waals surface area contributed by atoms with Crippen molar-refractivity contribution in [2.24, 2.45) is 0 Å². The maximum atomic E-state index is 6.02. The van der Waals surface area contributed by atoms with Crippen molar-refractivity contribution in [3.8, 4) is 5.75 Å². The van der Waals surface area contributed by atoms with Gasteiger partial charge in [-0.1, -0.05) is 41.9 Å². The van der Waals surface area contributed by atoms with Gasteiger partial charge in [0.05, 0.1) is 0 Å². The Morgan fingerprint density at radius 1 is 1.25 bits per heavy atom. The molecule has 2 aromatic rings. The van der Waals surface area contributed by atoms with Crippen LogP contribution >= 0.6 is 11.6 Å². The molecular weight excluding hydrogens is 270 g/mol.